The fourth-order valence-corrected chi connectivity index (χ4v) is 3.43. The van der Waals surface area contributed by atoms with Crippen LogP contribution in [0.25, 0.3) is 5.57 Å². The summed E-state index contributed by atoms with van der Waals surface area (Å²) in [6, 6.07) is 3.66. The van der Waals surface area contributed by atoms with E-state index in [4.69, 9.17) is 4.74 Å². The predicted octanol–water partition coefficient (Wildman–Crippen LogP) is 3.24. The zero-order valence-electron chi connectivity index (χ0n) is 14.0. The largest absolute Gasteiger partial charge is 0.496 e. The molecule has 0 atom stereocenters. The Labute approximate surface area is 137 Å². The van der Waals surface area contributed by atoms with Crippen molar-refractivity contribution in [1.29, 1.82) is 0 Å². The number of aldehydes is 1. The highest BCUT2D eigenvalue weighted by Crippen LogP contribution is 2.28. The Morgan fingerprint density at radius 1 is 1.35 bits per heavy atom. The second-order valence-corrected chi connectivity index (χ2v) is 6.70. The molecule has 1 aliphatic heterocycles. The highest BCUT2D eigenvalue weighted by atomic mass is 16.5. The Balaban J connectivity index is 1.89. The van der Waals surface area contributed by atoms with Gasteiger partial charge in [-0.15, -0.1) is 0 Å². The Morgan fingerprint density at radius 2 is 2.13 bits per heavy atom. The van der Waals surface area contributed by atoms with Crippen molar-refractivity contribution >= 4 is 18.1 Å². The molecule has 0 radical (unpaired) electrons. The number of pyridine rings is 1. The fraction of sp³-hybridized carbons (Fsp3) is 0.526. The van der Waals surface area contributed by atoms with Gasteiger partial charge in [-0.05, 0) is 37.8 Å². The number of hydrogen-bond acceptors (Lipinski definition) is 3. The quantitative estimate of drug-likeness (QED) is 0.619. The lowest BCUT2D eigenvalue weighted by molar-refractivity contribution is -0.492. The van der Waals surface area contributed by atoms with E-state index >= 15 is 0 Å². The summed E-state index contributed by atoms with van der Waals surface area (Å²) in [5, 5.41) is 0. The van der Waals surface area contributed by atoms with Crippen molar-refractivity contribution in [2.24, 2.45) is 5.92 Å². The molecule has 1 aromatic rings. The van der Waals surface area contributed by atoms with E-state index in [0.717, 1.165) is 48.6 Å². The van der Waals surface area contributed by atoms with Crippen molar-refractivity contribution in [3.8, 4) is 0 Å². The van der Waals surface area contributed by atoms with Crippen LogP contribution in [0.1, 0.15) is 53.8 Å². The lowest BCUT2D eigenvalue weighted by Gasteiger charge is -2.19. The molecule has 1 fully saturated rings. The number of allylic oxidation sites excluding steroid dienone is 1. The van der Waals surface area contributed by atoms with Gasteiger partial charge in [-0.1, -0.05) is 12.8 Å². The first kappa shape index (κ1) is 15.9. The van der Waals surface area contributed by atoms with E-state index in [-0.39, 0.29) is 0 Å². The third kappa shape index (κ3) is 3.87. The first-order chi connectivity index (χ1) is 11.2. The van der Waals surface area contributed by atoms with Crippen molar-refractivity contribution in [3.05, 3.63) is 34.8 Å². The second-order valence-electron chi connectivity index (χ2n) is 6.70. The van der Waals surface area contributed by atoms with Crippen LogP contribution in [0.15, 0.2) is 17.9 Å². The minimum absolute atomic E-state index is 0.664. The molecule has 0 bridgehead atoms. The van der Waals surface area contributed by atoms with Crippen molar-refractivity contribution < 1.29 is 14.1 Å². The van der Waals surface area contributed by atoms with Crippen molar-refractivity contribution in [2.75, 3.05) is 20.2 Å². The molecule has 0 aromatic carbocycles. The van der Waals surface area contributed by atoms with Crippen molar-refractivity contribution in [2.45, 2.75) is 39.0 Å². The van der Waals surface area contributed by atoms with Crippen LogP contribution in [0.4, 0.5) is 0 Å². The van der Waals surface area contributed by atoms with Crippen LogP contribution in [0, 0.1) is 12.8 Å². The molecule has 2 heterocycles. The number of rotatable bonds is 5. The molecular formula is C19H25N2O2+. The summed E-state index contributed by atoms with van der Waals surface area (Å²) in [5.41, 5.74) is 3.37. The molecule has 1 saturated carbocycles. The van der Waals surface area contributed by atoms with Crippen molar-refractivity contribution in [3.63, 3.8) is 0 Å². The number of aromatic nitrogens is 1. The lowest BCUT2D eigenvalue weighted by Crippen LogP contribution is -2.20. The van der Waals surface area contributed by atoms with Gasteiger partial charge in [0, 0.05) is 11.3 Å². The Bertz CT molecular complexity index is 655. The number of carbonyl (C=O) groups is 1. The third-order valence-corrected chi connectivity index (χ3v) is 4.70. The SMILES string of the molecule is Cc1cc(C=O)cc(C2=C(OCC3CCCC3)CC[N+](C)=C2)n1. The van der Waals surface area contributed by atoms with E-state index in [1.165, 1.54) is 25.7 Å². The number of aryl methyl sites for hydroxylation is 1. The van der Waals surface area contributed by atoms with Crippen LogP contribution >= 0.6 is 0 Å². The predicted molar refractivity (Wildman–Crippen MR) is 90.9 cm³/mol. The van der Waals surface area contributed by atoms with Crippen LogP contribution in [0.5, 0.6) is 0 Å². The van der Waals surface area contributed by atoms with Gasteiger partial charge in [0.2, 0.25) is 0 Å². The van der Waals surface area contributed by atoms with E-state index in [1.54, 1.807) is 0 Å². The molecule has 23 heavy (non-hydrogen) atoms. The van der Waals surface area contributed by atoms with Gasteiger partial charge in [0.05, 0.1) is 18.7 Å². The van der Waals surface area contributed by atoms with Gasteiger partial charge in [0.15, 0.2) is 6.21 Å². The number of nitrogens with zero attached hydrogens (tertiary/aromatic N) is 2. The molecule has 4 heteroatoms. The van der Waals surface area contributed by atoms with E-state index < -0.39 is 0 Å². The average molecular weight is 313 g/mol. The topological polar surface area (TPSA) is 42.2 Å². The number of ether oxygens (including phenoxy) is 1. The summed E-state index contributed by atoms with van der Waals surface area (Å²) in [7, 11) is 2.06. The highest BCUT2D eigenvalue weighted by molar-refractivity contribution is 6.08. The van der Waals surface area contributed by atoms with Crippen LogP contribution < -0.4 is 0 Å². The Kier molecular flexibility index (Phi) is 4.89. The normalized spacial score (nSPS) is 19.0. The molecule has 0 spiro atoms. The van der Waals surface area contributed by atoms with E-state index in [1.807, 2.05) is 19.1 Å². The third-order valence-electron chi connectivity index (χ3n) is 4.70. The molecule has 1 aromatic heterocycles. The molecular weight excluding hydrogens is 288 g/mol. The first-order valence-electron chi connectivity index (χ1n) is 8.51. The minimum Gasteiger partial charge on any atom is -0.496 e. The van der Waals surface area contributed by atoms with Crippen LogP contribution in [-0.2, 0) is 4.74 Å². The fourth-order valence-electron chi connectivity index (χ4n) is 3.43. The highest BCUT2D eigenvalue weighted by Gasteiger charge is 2.23. The van der Waals surface area contributed by atoms with Gasteiger partial charge < -0.3 is 4.74 Å². The summed E-state index contributed by atoms with van der Waals surface area (Å²) in [6.45, 7) is 3.68. The molecule has 0 unspecified atom stereocenters. The second kappa shape index (κ2) is 7.07. The molecule has 2 aliphatic rings. The van der Waals surface area contributed by atoms with Gasteiger partial charge >= 0.3 is 0 Å². The maximum Gasteiger partial charge on any atom is 0.176 e. The summed E-state index contributed by atoms with van der Waals surface area (Å²) >= 11 is 0. The molecule has 0 amide bonds. The number of carbonyl (C=O) groups excluding carboxylic acids is 1. The van der Waals surface area contributed by atoms with Gasteiger partial charge in [0.25, 0.3) is 0 Å². The van der Waals surface area contributed by atoms with Gasteiger partial charge in [-0.3, -0.25) is 9.78 Å². The molecule has 1 aliphatic carbocycles. The maximum absolute atomic E-state index is 11.1. The van der Waals surface area contributed by atoms with Gasteiger partial charge in [0.1, 0.15) is 31.2 Å². The monoisotopic (exact) mass is 313 g/mol. The molecule has 122 valence electrons. The Morgan fingerprint density at radius 3 is 2.87 bits per heavy atom. The molecule has 0 saturated heterocycles. The van der Waals surface area contributed by atoms with E-state index in [2.05, 4.69) is 22.8 Å². The lowest BCUT2D eigenvalue weighted by atomic mass is 10.0. The standard InChI is InChI=1S/C19H25N2O2/c1-14-9-16(12-22)10-18(20-14)17-11-21(2)8-7-19(17)23-13-15-5-3-4-6-15/h9-12,15H,3-8,13H2,1-2H3/q+1. The molecule has 4 nitrogen and oxygen atoms in total. The first-order valence-corrected chi connectivity index (χ1v) is 8.51. The zero-order chi connectivity index (χ0) is 16.2. The summed E-state index contributed by atoms with van der Waals surface area (Å²) < 4.78 is 8.34. The van der Waals surface area contributed by atoms with Crippen LogP contribution in [0.2, 0.25) is 0 Å². The van der Waals surface area contributed by atoms with Crippen LogP contribution in [0.3, 0.4) is 0 Å². The van der Waals surface area contributed by atoms with E-state index in [9.17, 15) is 4.79 Å². The zero-order valence-corrected chi connectivity index (χ0v) is 14.0. The van der Waals surface area contributed by atoms with Gasteiger partial charge in [-0.25, -0.2) is 4.58 Å². The molecule has 3 rings (SSSR count). The molecule has 0 N–H and O–H groups in total. The smallest absolute Gasteiger partial charge is 0.176 e. The maximum atomic E-state index is 11.1. The number of hydrogen-bond donors (Lipinski definition) is 0. The minimum atomic E-state index is 0.664. The summed E-state index contributed by atoms with van der Waals surface area (Å²) in [4.78, 5) is 15.8. The summed E-state index contributed by atoms with van der Waals surface area (Å²) in [6.07, 6.45) is 9.08. The van der Waals surface area contributed by atoms with E-state index in [0.29, 0.717) is 11.5 Å². The van der Waals surface area contributed by atoms with Crippen LogP contribution in [-0.4, -0.2) is 42.3 Å². The average Bonchev–Trinajstić information content (AvgIpc) is 3.06. The Hall–Kier alpha value is -1.97. The summed E-state index contributed by atoms with van der Waals surface area (Å²) in [5.74, 6) is 1.71. The van der Waals surface area contributed by atoms with Crippen molar-refractivity contribution in [1.82, 2.24) is 4.98 Å². The van der Waals surface area contributed by atoms with Gasteiger partial charge in [-0.2, -0.15) is 0 Å².